The number of carbonyl (C=O) groups is 1. The minimum Gasteiger partial charge on any atom is -0.299 e. The van der Waals surface area contributed by atoms with Gasteiger partial charge in [-0.3, -0.25) is 4.79 Å². The number of ketones is 1. The van der Waals surface area contributed by atoms with E-state index in [0.717, 1.165) is 32.1 Å². The molecule has 1 saturated carbocycles. The van der Waals surface area contributed by atoms with Crippen LogP contribution < -0.4 is 0 Å². The van der Waals surface area contributed by atoms with Crippen LogP contribution in [0.3, 0.4) is 0 Å². The van der Waals surface area contributed by atoms with E-state index in [4.69, 9.17) is 0 Å². The molecular formula is C11H18O. The Kier molecular flexibility index (Phi) is 4.06. The van der Waals surface area contributed by atoms with Crippen molar-refractivity contribution in [1.82, 2.24) is 0 Å². The zero-order valence-corrected chi connectivity index (χ0v) is 7.88. The lowest BCUT2D eigenvalue weighted by atomic mass is 10.0. The minimum atomic E-state index is 0.359. The van der Waals surface area contributed by atoms with Crippen LogP contribution in [0.1, 0.15) is 45.4 Å². The molecule has 1 fully saturated rings. The Balaban J connectivity index is 2.18. The summed E-state index contributed by atoms with van der Waals surface area (Å²) in [6.45, 7) is 2.17. The molecule has 0 aromatic carbocycles. The topological polar surface area (TPSA) is 17.1 Å². The van der Waals surface area contributed by atoms with Gasteiger partial charge >= 0.3 is 0 Å². The van der Waals surface area contributed by atoms with Crippen LogP contribution in [0, 0.1) is 5.92 Å². The zero-order valence-electron chi connectivity index (χ0n) is 7.88. The third-order valence-corrected chi connectivity index (χ3v) is 2.47. The molecule has 0 aromatic heterocycles. The molecule has 0 heterocycles. The molecule has 0 saturated heterocycles. The number of rotatable bonds is 4. The van der Waals surface area contributed by atoms with E-state index in [-0.39, 0.29) is 0 Å². The fourth-order valence-corrected chi connectivity index (χ4v) is 1.68. The van der Waals surface area contributed by atoms with Gasteiger partial charge in [0.2, 0.25) is 0 Å². The summed E-state index contributed by atoms with van der Waals surface area (Å²) < 4.78 is 0. The smallest absolute Gasteiger partial charge is 0.136 e. The first kappa shape index (κ1) is 9.50. The molecule has 1 heteroatoms. The lowest BCUT2D eigenvalue weighted by Gasteiger charge is -2.01. The first-order valence-electron chi connectivity index (χ1n) is 5.02. The van der Waals surface area contributed by atoms with Crippen molar-refractivity contribution in [3.63, 3.8) is 0 Å². The van der Waals surface area contributed by atoms with E-state index in [1.54, 1.807) is 0 Å². The summed E-state index contributed by atoms with van der Waals surface area (Å²) in [6, 6.07) is 0. The predicted molar refractivity (Wildman–Crippen MR) is 51.0 cm³/mol. The van der Waals surface area contributed by atoms with Crippen LogP contribution in [0.25, 0.3) is 0 Å². The molecule has 0 aliphatic heterocycles. The van der Waals surface area contributed by atoms with Gasteiger partial charge in [-0.1, -0.05) is 25.5 Å². The first-order chi connectivity index (χ1) is 5.84. The molecule has 1 nitrogen and oxygen atoms in total. The molecule has 0 unspecified atom stereocenters. The molecular weight excluding hydrogens is 148 g/mol. The second kappa shape index (κ2) is 5.13. The van der Waals surface area contributed by atoms with Gasteiger partial charge in [-0.25, -0.2) is 0 Å². The normalized spacial score (nSPS) is 24.1. The van der Waals surface area contributed by atoms with Gasteiger partial charge in [0.25, 0.3) is 0 Å². The van der Waals surface area contributed by atoms with E-state index in [1.807, 2.05) is 0 Å². The maximum Gasteiger partial charge on any atom is 0.136 e. The van der Waals surface area contributed by atoms with E-state index in [0.29, 0.717) is 11.7 Å². The molecule has 1 aliphatic rings. The Hall–Kier alpha value is -0.590. The molecule has 1 atom stereocenters. The van der Waals surface area contributed by atoms with Crippen LogP contribution in [0.15, 0.2) is 12.2 Å². The monoisotopic (exact) mass is 166 g/mol. The van der Waals surface area contributed by atoms with Crippen LogP contribution in [0.2, 0.25) is 0 Å². The zero-order chi connectivity index (χ0) is 8.81. The number of allylic oxidation sites excluding steroid dienone is 2. The number of hydrogen-bond donors (Lipinski definition) is 0. The lowest BCUT2D eigenvalue weighted by molar-refractivity contribution is -0.120. The SMILES string of the molecule is CCC/C=C/C[C@H]1CCCC1=O. The highest BCUT2D eigenvalue weighted by Gasteiger charge is 2.22. The van der Waals surface area contributed by atoms with Crippen LogP contribution in [-0.2, 0) is 4.79 Å². The van der Waals surface area contributed by atoms with E-state index < -0.39 is 0 Å². The third-order valence-electron chi connectivity index (χ3n) is 2.47. The summed E-state index contributed by atoms with van der Waals surface area (Å²) in [4.78, 5) is 11.2. The summed E-state index contributed by atoms with van der Waals surface area (Å²) in [7, 11) is 0. The Bertz CT molecular complexity index is 170. The van der Waals surface area contributed by atoms with Crippen molar-refractivity contribution in [3.8, 4) is 0 Å². The van der Waals surface area contributed by atoms with Crippen LogP contribution >= 0.6 is 0 Å². The van der Waals surface area contributed by atoms with Gasteiger partial charge in [-0.05, 0) is 25.7 Å². The average molecular weight is 166 g/mol. The second-order valence-electron chi connectivity index (χ2n) is 3.55. The van der Waals surface area contributed by atoms with Crippen molar-refractivity contribution in [3.05, 3.63) is 12.2 Å². The summed E-state index contributed by atoms with van der Waals surface area (Å²) in [6.07, 6.45) is 10.8. The van der Waals surface area contributed by atoms with E-state index >= 15 is 0 Å². The second-order valence-corrected chi connectivity index (χ2v) is 3.55. The summed E-state index contributed by atoms with van der Waals surface area (Å²) in [5.74, 6) is 0.842. The van der Waals surface area contributed by atoms with Gasteiger partial charge in [-0.15, -0.1) is 0 Å². The number of carbonyl (C=O) groups excluding carboxylic acids is 1. The number of Topliss-reactive ketones (excluding diaryl/α,β-unsaturated/α-hetero) is 1. The Morgan fingerprint density at radius 2 is 2.33 bits per heavy atom. The minimum absolute atomic E-state index is 0.359. The quantitative estimate of drug-likeness (QED) is 0.586. The summed E-state index contributed by atoms with van der Waals surface area (Å²) >= 11 is 0. The van der Waals surface area contributed by atoms with Gasteiger partial charge in [-0.2, -0.15) is 0 Å². The van der Waals surface area contributed by atoms with Gasteiger partial charge in [0.15, 0.2) is 0 Å². The van der Waals surface area contributed by atoms with Crippen molar-refractivity contribution in [1.29, 1.82) is 0 Å². The fraction of sp³-hybridized carbons (Fsp3) is 0.727. The number of unbranched alkanes of at least 4 members (excludes halogenated alkanes) is 1. The Morgan fingerprint density at radius 3 is 2.92 bits per heavy atom. The van der Waals surface area contributed by atoms with E-state index in [2.05, 4.69) is 19.1 Å². The molecule has 0 bridgehead atoms. The van der Waals surface area contributed by atoms with Crippen molar-refractivity contribution in [2.75, 3.05) is 0 Å². The molecule has 0 N–H and O–H groups in total. The van der Waals surface area contributed by atoms with Gasteiger partial charge in [0.1, 0.15) is 5.78 Å². The van der Waals surface area contributed by atoms with Crippen LogP contribution in [0.4, 0.5) is 0 Å². The van der Waals surface area contributed by atoms with E-state index in [1.165, 1.54) is 6.42 Å². The van der Waals surface area contributed by atoms with Gasteiger partial charge in [0.05, 0.1) is 0 Å². The lowest BCUT2D eigenvalue weighted by Crippen LogP contribution is -2.03. The summed E-state index contributed by atoms with van der Waals surface area (Å²) in [5, 5.41) is 0. The van der Waals surface area contributed by atoms with Crippen molar-refractivity contribution >= 4 is 5.78 Å². The third kappa shape index (κ3) is 2.80. The maximum atomic E-state index is 11.2. The average Bonchev–Trinajstić information content (AvgIpc) is 2.46. The number of hydrogen-bond acceptors (Lipinski definition) is 1. The molecule has 68 valence electrons. The molecule has 12 heavy (non-hydrogen) atoms. The first-order valence-corrected chi connectivity index (χ1v) is 5.02. The molecule has 0 amide bonds. The van der Waals surface area contributed by atoms with Gasteiger partial charge < -0.3 is 0 Å². The molecule has 1 aliphatic carbocycles. The molecule has 0 aromatic rings. The highest BCUT2D eigenvalue weighted by atomic mass is 16.1. The van der Waals surface area contributed by atoms with Crippen LogP contribution in [-0.4, -0.2) is 5.78 Å². The van der Waals surface area contributed by atoms with Crippen molar-refractivity contribution < 1.29 is 4.79 Å². The molecule has 0 radical (unpaired) electrons. The maximum absolute atomic E-state index is 11.2. The highest BCUT2D eigenvalue weighted by Crippen LogP contribution is 2.24. The Labute approximate surface area is 74.9 Å². The Morgan fingerprint density at radius 1 is 1.50 bits per heavy atom. The fourth-order valence-electron chi connectivity index (χ4n) is 1.68. The molecule has 1 rings (SSSR count). The van der Waals surface area contributed by atoms with E-state index in [9.17, 15) is 4.79 Å². The molecule has 0 spiro atoms. The predicted octanol–water partition coefficient (Wildman–Crippen LogP) is 3.10. The van der Waals surface area contributed by atoms with Crippen molar-refractivity contribution in [2.24, 2.45) is 5.92 Å². The van der Waals surface area contributed by atoms with Gasteiger partial charge in [0, 0.05) is 12.3 Å². The van der Waals surface area contributed by atoms with Crippen molar-refractivity contribution in [2.45, 2.75) is 45.4 Å². The highest BCUT2D eigenvalue weighted by molar-refractivity contribution is 5.82. The van der Waals surface area contributed by atoms with Crippen LogP contribution in [0.5, 0.6) is 0 Å². The standard InChI is InChI=1S/C11H18O/c1-2-3-4-5-7-10-8-6-9-11(10)12/h4-5,10H,2-3,6-9H2,1H3/b5-4+/t10-/m0/s1. The largest absolute Gasteiger partial charge is 0.299 e. The summed E-state index contributed by atoms with van der Waals surface area (Å²) in [5.41, 5.74) is 0.